The molecule has 1 heterocycles. The number of hydrogen-bond donors (Lipinski definition) is 2. The number of benzene rings is 1. The minimum atomic E-state index is -0.565. The lowest BCUT2D eigenvalue weighted by molar-refractivity contribution is -0.121. The molecule has 1 unspecified atom stereocenters. The van der Waals surface area contributed by atoms with E-state index in [-0.39, 0.29) is 12.5 Å². The van der Waals surface area contributed by atoms with E-state index in [2.05, 4.69) is 5.32 Å². The van der Waals surface area contributed by atoms with Crippen LogP contribution < -0.4 is 5.32 Å². The Morgan fingerprint density at radius 2 is 2.00 bits per heavy atom. The highest BCUT2D eigenvalue weighted by Gasteiger charge is 2.08. The summed E-state index contributed by atoms with van der Waals surface area (Å²) in [6.07, 6.45) is 2.51. The maximum atomic E-state index is 11.6. The van der Waals surface area contributed by atoms with Crippen LogP contribution in [0.15, 0.2) is 53.1 Å². The molecule has 0 radical (unpaired) electrons. The Bertz CT molecular complexity index is 508. The van der Waals surface area contributed by atoms with Crippen LogP contribution in [0.25, 0.3) is 0 Å². The van der Waals surface area contributed by atoms with Crippen molar-refractivity contribution in [3.63, 3.8) is 0 Å². The summed E-state index contributed by atoms with van der Waals surface area (Å²) in [6, 6.07) is 13.4. The molecule has 20 heavy (non-hydrogen) atoms. The third-order valence-electron chi connectivity index (χ3n) is 3.03. The van der Waals surface area contributed by atoms with Crippen molar-refractivity contribution in [3.05, 3.63) is 60.1 Å². The SMILES string of the molecule is O=C(CCc1ccco1)NCC(O)Cc1ccccc1. The molecule has 0 aliphatic carbocycles. The fourth-order valence-electron chi connectivity index (χ4n) is 1.97. The highest BCUT2D eigenvalue weighted by molar-refractivity contribution is 5.76. The predicted molar refractivity (Wildman–Crippen MR) is 76.2 cm³/mol. The Morgan fingerprint density at radius 1 is 1.20 bits per heavy atom. The summed E-state index contributed by atoms with van der Waals surface area (Å²) < 4.78 is 5.16. The first-order chi connectivity index (χ1) is 9.74. The van der Waals surface area contributed by atoms with Crippen LogP contribution in [0.4, 0.5) is 0 Å². The summed E-state index contributed by atoms with van der Waals surface area (Å²) in [5.41, 5.74) is 1.06. The zero-order chi connectivity index (χ0) is 14.2. The van der Waals surface area contributed by atoms with Crippen molar-refractivity contribution in [3.8, 4) is 0 Å². The second kappa shape index (κ2) is 7.50. The maximum absolute atomic E-state index is 11.6. The third-order valence-corrected chi connectivity index (χ3v) is 3.03. The minimum absolute atomic E-state index is 0.0755. The van der Waals surface area contributed by atoms with Crippen LogP contribution in [0, 0.1) is 0 Å². The average Bonchev–Trinajstić information content (AvgIpc) is 2.97. The summed E-state index contributed by atoms with van der Waals surface area (Å²) in [5.74, 6) is 0.721. The molecule has 1 aromatic heterocycles. The first kappa shape index (κ1) is 14.3. The van der Waals surface area contributed by atoms with E-state index < -0.39 is 6.10 Å². The van der Waals surface area contributed by atoms with Crippen LogP contribution >= 0.6 is 0 Å². The lowest BCUT2D eigenvalue weighted by Gasteiger charge is -2.11. The van der Waals surface area contributed by atoms with Crippen LogP contribution in [-0.4, -0.2) is 23.7 Å². The number of nitrogens with one attached hydrogen (secondary N) is 1. The van der Waals surface area contributed by atoms with Gasteiger partial charge in [-0.15, -0.1) is 0 Å². The minimum Gasteiger partial charge on any atom is -0.469 e. The summed E-state index contributed by atoms with van der Waals surface area (Å²) >= 11 is 0. The van der Waals surface area contributed by atoms with Gasteiger partial charge in [0.05, 0.1) is 12.4 Å². The number of aryl methyl sites for hydroxylation is 1. The molecule has 2 aromatic rings. The van der Waals surface area contributed by atoms with E-state index in [0.29, 0.717) is 19.3 Å². The first-order valence-corrected chi connectivity index (χ1v) is 6.75. The zero-order valence-electron chi connectivity index (χ0n) is 11.3. The van der Waals surface area contributed by atoms with Crippen molar-refractivity contribution >= 4 is 5.91 Å². The zero-order valence-corrected chi connectivity index (χ0v) is 11.3. The smallest absolute Gasteiger partial charge is 0.220 e. The highest BCUT2D eigenvalue weighted by atomic mass is 16.3. The van der Waals surface area contributed by atoms with Gasteiger partial charge in [-0.25, -0.2) is 0 Å². The Morgan fingerprint density at radius 3 is 2.70 bits per heavy atom. The number of furan rings is 1. The molecule has 1 amide bonds. The van der Waals surface area contributed by atoms with Crippen molar-refractivity contribution in [1.29, 1.82) is 0 Å². The topological polar surface area (TPSA) is 62.5 Å². The van der Waals surface area contributed by atoms with Crippen LogP contribution in [-0.2, 0) is 17.6 Å². The molecule has 2 N–H and O–H groups in total. The molecule has 4 nitrogen and oxygen atoms in total. The van der Waals surface area contributed by atoms with Gasteiger partial charge in [0.2, 0.25) is 5.91 Å². The molecule has 0 saturated heterocycles. The molecule has 1 aromatic carbocycles. The lowest BCUT2D eigenvalue weighted by Crippen LogP contribution is -2.33. The van der Waals surface area contributed by atoms with Gasteiger partial charge in [0.15, 0.2) is 0 Å². The molecule has 2 rings (SSSR count). The van der Waals surface area contributed by atoms with Crippen LogP contribution in [0.5, 0.6) is 0 Å². The Hall–Kier alpha value is -2.07. The van der Waals surface area contributed by atoms with Gasteiger partial charge in [-0.2, -0.15) is 0 Å². The van der Waals surface area contributed by atoms with Crippen molar-refractivity contribution in [1.82, 2.24) is 5.32 Å². The van der Waals surface area contributed by atoms with E-state index in [4.69, 9.17) is 4.42 Å². The van der Waals surface area contributed by atoms with Gasteiger partial charge in [-0.3, -0.25) is 4.79 Å². The molecule has 106 valence electrons. The van der Waals surface area contributed by atoms with Gasteiger partial charge < -0.3 is 14.8 Å². The number of aliphatic hydroxyl groups excluding tert-OH is 1. The van der Waals surface area contributed by atoms with Gasteiger partial charge in [-0.05, 0) is 17.7 Å². The predicted octanol–water partition coefficient (Wildman–Crippen LogP) is 1.93. The van der Waals surface area contributed by atoms with E-state index in [1.807, 2.05) is 36.4 Å². The van der Waals surface area contributed by atoms with Gasteiger partial charge >= 0.3 is 0 Å². The van der Waals surface area contributed by atoms with E-state index >= 15 is 0 Å². The van der Waals surface area contributed by atoms with Crippen LogP contribution in [0.3, 0.4) is 0 Å². The van der Waals surface area contributed by atoms with E-state index in [9.17, 15) is 9.90 Å². The quantitative estimate of drug-likeness (QED) is 0.810. The molecule has 4 heteroatoms. The van der Waals surface area contributed by atoms with Crippen molar-refractivity contribution < 1.29 is 14.3 Å². The lowest BCUT2D eigenvalue weighted by atomic mass is 10.1. The number of carbonyl (C=O) groups is 1. The highest BCUT2D eigenvalue weighted by Crippen LogP contribution is 2.04. The third kappa shape index (κ3) is 4.90. The number of amides is 1. The second-order valence-corrected chi connectivity index (χ2v) is 4.73. The van der Waals surface area contributed by atoms with E-state index in [1.54, 1.807) is 12.3 Å². The van der Waals surface area contributed by atoms with Crippen molar-refractivity contribution in [2.75, 3.05) is 6.54 Å². The standard InChI is InChI=1S/C16H19NO3/c18-14(11-13-5-2-1-3-6-13)12-17-16(19)9-8-15-7-4-10-20-15/h1-7,10,14,18H,8-9,11-12H2,(H,17,19). The molecule has 0 spiro atoms. The molecule has 0 saturated carbocycles. The number of hydrogen-bond acceptors (Lipinski definition) is 3. The monoisotopic (exact) mass is 273 g/mol. The molecule has 0 aliphatic heterocycles. The van der Waals surface area contributed by atoms with Crippen molar-refractivity contribution in [2.24, 2.45) is 0 Å². The Labute approximate surface area is 118 Å². The first-order valence-electron chi connectivity index (χ1n) is 6.75. The summed E-state index contributed by atoms with van der Waals surface area (Å²) in [6.45, 7) is 0.270. The Kier molecular flexibility index (Phi) is 5.38. The van der Waals surface area contributed by atoms with Gasteiger partial charge in [0, 0.05) is 25.8 Å². The largest absolute Gasteiger partial charge is 0.469 e. The normalized spacial score (nSPS) is 12.1. The molecule has 0 bridgehead atoms. The van der Waals surface area contributed by atoms with Crippen LogP contribution in [0.1, 0.15) is 17.7 Å². The average molecular weight is 273 g/mol. The number of rotatable bonds is 7. The number of carbonyl (C=O) groups excluding carboxylic acids is 1. The molecule has 0 fully saturated rings. The summed E-state index contributed by atoms with van der Waals surface area (Å²) in [7, 11) is 0. The molecular weight excluding hydrogens is 254 g/mol. The molecular formula is C16H19NO3. The number of aliphatic hydroxyl groups is 1. The van der Waals surface area contributed by atoms with Crippen molar-refractivity contribution in [2.45, 2.75) is 25.4 Å². The fraction of sp³-hybridized carbons (Fsp3) is 0.312. The fourth-order valence-corrected chi connectivity index (χ4v) is 1.97. The van der Waals surface area contributed by atoms with Gasteiger partial charge in [0.25, 0.3) is 0 Å². The van der Waals surface area contributed by atoms with E-state index in [1.165, 1.54) is 0 Å². The van der Waals surface area contributed by atoms with Crippen LogP contribution in [0.2, 0.25) is 0 Å². The maximum Gasteiger partial charge on any atom is 0.220 e. The van der Waals surface area contributed by atoms with E-state index in [0.717, 1.165) is 11.3 Å². The second-order valence-electron chi connectivity index (χ2n) is 4.73. The van der Waals surface area contributed by atoms with Gasteiger partial charge in [-0.1, -0.05) is 30.3 Å². The molecule has 0 aliphatic rings. The summed E-state index contributed by atoms with van der Waals surface area (Å²) in [5, 5.41) is 12.6. The summed E-state index contributed by atoms with van der Waals surface area (Å²) in [4.78, 5) is 11.6. The molecule has 1 atom stereocenters. The van der Waals surface area contributed by atoms with Gasteiger partial charge in [0.1, 0.15) is 5.76 Å². The Balaban J connectivity index is 1.65.